The molecule has 8 heteroatoms. The molecule has 1 heterocycles. The van der Waals surface area contributed by atoms with Gasteiger partial charge in [-0.3, -0.25) is 14.5 Å². The van der Waals surface area contributed by atoms with Crippen molar-refractivity contribution in [1.82, 2.24) is 15.5 Å². The molecule has 2 unspecified atom stereocenters. The number of nitrogens with zero attached hydrogens (tertiary/aromatic N) is 1. The van der Waals surface area contributed by atoms with Crippen LogP contribution in [0.2, 0.25) is 10.0 Å². The molecular formula is C20H19Cl2N3O3. The van der Waals surface area contributed by atoms with E-state index in [9.17, 15) is 14.4 Å². The lowest BCUT2D eigenvalue weighted by Gasteiger charge is -2.23. The molecule has 0 bridgehead atoms. The van der Waals surface area contributed by atoms with Crippen molar-refractivity contribution in [2.24, 2.45) is 0 Å². The Hall–Kier alpha value is -2.57. The van der Waals surface area contributed by atoms with Crippen LogP contribution >= 0.6 is 23.2 Å². The molecule has 6 nitrogen and oxygen atoms in total. The predicted octanol–water partition coefficient (Wildman–Crippen LogP) is 3.64. The van der Waals surface area contributed by atoms with Crippen LogP contribution in [0.1, 0.15) is 31.0 Å². The highest BCUT2D eigenvalue weighted by Crippen LogP contribution is 2.34. The Kier molecular flexibility index (Phi) is 5.63. The molecule has 0 aromatic heterocycles. The molecule has 0 spiro atoms. The summed E-state index contributed by atoms with van der Waals surface area (Å²) in [4.78, 5) is 38.6. The van der Waals surface area contributed by atoms with Gasteiger partial charge >= 0.3 is 6.03 Å². The van der Waals surface area contributed by atoms with Gasteiger partial charge in [-0.2, -0.15) is 0 Å². The van der Waals surface area contributed by atoms with E-state index in [2.05, 4.69) is 10.6 Å². The van der Waals surface area contributed by atoms with Gasteiger partial charge in [-0.1, -0.05) is 59.6 Å². The molecule has 1 fully saturated rings. The first-order chi connectivity index (χ1) is 13.2. The zero-order chi connectivity index (χ0) is 20.5. The SMILES string of the molecule is CC(NC(=O)CN1C(=O)NC(C)(c2ccc(Cl)cc2Cl)C1=O)c1ccccc1. The monoisotopic (exact) mass is 419 g/mol. The number of hydrogen-bond donors (Lipinski definition) is 2. The van der Waals surface area contributed by atoms with Gasteiger partial charge in [0.15, 0.2) is 0 Å². The van der Waals surface area contributed by atoms with Crippen molar-refractivity contribution < 1.29 is 14.4 Å². The third-order valence-electron chi connectivity index (χ3n) is 4.72. The Labute approximate surface area is 172 Å². The van der Waals surface area contributed by atoms with Crippen molar-refractivity contribution >= 4 is 41.0 Å². The molecule has 4 amide bonds. The Morgan fingerprint density at radius 1 is 1.18 bits per heavy atom. The Morgan fingerprint density at radius 3 is 2.50 bits per heavy atom. The van der Waals surface area contributed by atoms with Gasteiger partial charge in [-0.05, 0) is 31.5 Å². The summed E-state index contributed by atoms with van der Waals surface area (Å²) in [6, 6.07) is 13.2. The molecule has 0 saturated carbocycles. The van der Waals surface area contributed by atoms with Crippen molar-refractivity contribution in [3.63, 3.8) is 0 Å². The molecular weight excluding hydrogens is 401 g/mol. The van der Waals surface area contributed by atoms with Gasteiger partial charge in [-0.25, -0.2) is 4.79 Å². The predicted molar refractivity (Wildman–Crippen MR) is 107 cm³/mol. The number of nitrogens with one attached hydrogen (secondary N) is 2. The number of carbonyl (C=O) groups excluding carboxylic acids is 3. The summed E-state index contributed by atoms with van der Waals surface area (Å²) in [6.07, 6.45) is 0. The lowest BCUT2D eigenvalue weighted by Crippen LogP contribution is -2.43. The van der Waals surface area contributed by atoms with Gasteiger partial charge in [0, 0.05) is 15.6 Å². The second kappa shape index (κ2) is 7.81. The van der Waals surface area contributed by atoms with E-state index in [0.29, 0.717) is 10.6 Å². The third kappa shape index (κ3) is 3.84. The molecule has 3 rings (SSSR count). The first-order valence-electron chi connectivity index (χ1n) is 8.66. The summed E-state index contributed by atoms with van der Waals surface area (Å²) in [7, 11) is 0. The maximum Gasteiger partial charge on any atom is 0.325 e. The quantitative estimate of drug-likeness (QED) is 0.726. The van der Waals surface area contributed by atoms with Crippen molar-refractivity contribution in [2.45, 2.75) is 25.4 Å². The van der Waals surface area contributed by atoms with Gasteiger partial charge in [0.25, 0.3) is 5.91 Å². The van der Waals surface area contributed by atoms with Crippen LogP contribution in [0, 0.1) is 0 Å². The summed E-state index contributed by atoms with van der Waals surface area (Å²) < 4.78 is 0. The number of benzene rings is 2. The average molecular weight is 420 g/mol. The summed E-state index contributed by atoms with van der Waals surface area (Å²) in [6.45, 7) is 2.99. The van der Waals surface area contributed by atoms with E-state index in [0.717, 1.165) is 10.5 Å². The lowest BCUT2D eigenvalue weighted by molar-refractivity contribution is -0.135. The molecule has 2 aromatic carbocycles. The Balaban J connectivity index is 1.74. The normalized spacial score (nSPS) is 20.1. The minimum Gasteiger partial charge on any atom is -0.348 e. The highest BCUT2D eigenvalue weighted by molar-refractivity contribution is 6.35. The second-order valence-electron chi connectivity index (χ2n) is 6.77. The molecule has 0 radical (unpaired) electrons. The van der Waals surface area contributed by atoms with Gasteiger partial charge in [0.1, 0.15) is 12.1 Å². The number of carbonyl (C=O) groups is 3. The van der Waals surface area contributed by atoms with Crippen LogP contribution in [0.25, 0.3) is 0 Å². The van der Waals surface area contributed by atoms with E-state index in [1.807, 2.05) is 37.3 Å². The first kappa shape index (κ1) is 20.2. The van der Waals surface area contributed by atoms with E-state index in [1.165, 1.54) is 6.07 Å². The first-order valence-corrected chi connectivity index (χ1v) is 9.42. The molecule has 2 N–H and O–H groups in total. The largest absolute Gasteiger partial charge is 0.348 e. The maximum atomic E-state index is 12.9. The molecule has 146 valence electrons. The highest BCUT2D eigenvalue weighted by Gasteiger charge is 2.50. The highest BCUT2D eigenvalue weighted by atomic mass is 35.5. The summed E-state index contributed by atoms with van der Waals surface area (Å²) in [5.74, 6) is -0.990. The molecule has 1 saturated heterocycles. The van der Waals surface area contributed by atoms with E-state index < -0.39 is 23.4 Å². The molecule has 2 atom stereocenters. The molecule has 0 aliphatic carbocycles. The van der Waals surface area contributed by atoms with Crippen LogP contribution in [0.3, 0.4) is 0 Å². The minimum atomic E-state index is -1.37. The zero-order valence-corrected chi connectivity index (χ0v) is 16.8. The van der Waals surface area contributed by atoms with Crippen molar-refractivity contribution in [3.05, 3.63) is 69.7 Å². The van der Waals surface area contributed by atoms with E-state index >= 15 is 0 Å². The van der Waals surface area contributed by atoms with Crippen LogP contribution in [-0.4, -0.2) is 29.3 Å². The van der Waals surface area contributed by atoms with Crippen LogP contribution < -0.4 is 10.6 Å². The number of imide groups is 1. The Bertz CT molecular complexity index is 936. The second-order valence-corrected chi connectivity index (χ2v) is 7.61. The molecule has 28 heavy (non-hydrogen) atoms. The van der Waals surface area contributed by atoms with Crippen LogP contribution in [0.5, 0.6) is 0 Å². The van der Waals surface area contributed by atoms with Gasteiger partial charge < -0.3 is 10.6 Å². The molecule has 2 aromatic rings. The van der Waals surface area contributed by atoms with Gasteiger partial charge in [0.05, 0.1) is 6.04 Å². The van der Waals surface area contributed by atoms with E-state index in [-0.39, 0.29) is 17.6 Å². The number of amides is 4. The van der Waals surface area contributed by atoms with Gasteiger partial charge in [-0.15, -0.1) is 0 Å². The number of hydrogen-bond acceptors (Lipinski definition) is 3. The summed E-state index contributed by atoms with van der Waals surface area (Å²) in [5.41, 5.74) is -0.0345. The zero-order valence-electron chi connectivity index (χ0n) is 15.3. The smallest absolute Gasteiger partial charge is 0.325 e. The Morgan fingerprint density at radius 2 is 1.86 bits per heavy atom. The fraction of sp³-hybridized carbons (Fsp3) is 0.250. The minimum absolute atomic E-state index is 0.257. The summed E-state index contributed by atoms with van der Waals surface area (Å²) in [5, 5.41) is 6.09. The van der Waals surface area contributed by atoms with Crippen LogP contribution in [-0.2, 0) is 15.1 Å². The van der Waals surface area contributed by atoms with Gasteiger partial charge in [0.2, 0.25) is 5.91 Å². The third-order valence-corrected chi connectivity index (χ3v) is 5.27. The maximum absolute atomic E-state index is 12.9. The molecule has 1 aliphatic rings. The van der Waals surface area contributed by atoms with Crippen molar-refractivity contribution in [2.75, 3.05) is 6.54 Å². The number of halogens is 2. The van der Waals surface area contributed by atoms with Crippen molar-refractivity contribution in [3.8, 4) is 0 Å². The van der Waals surface area contributed by atoms with E-state index in [1.54, 1.807) is 19.1 Å². The fourth-order valence-corrected chi connectivity index (χ4v) is 3.77. The lowest BCUT2D eigenvalue weighted by atomic mass is 9.92. The van der Waals surface area contributed by atoms with Crippen LogP contribution in [0.15, 0.2) is 48.5 Å². The van der Waals surface area contributed by atoms with Crippen LogP contribution in [0.4, 0.5) is 4.79 Å². The van der Waals surface area contributed by atoms with E-state index in [4.69, 9.17) is 23.2 Å². The standard InChI is InChI=1S/C20H19Cl2N3O3/c1-12(13-6-4-3-5-7-13)23-17(26)11-25-18(27)20(2,24-19(25)28)15-9-8-14(21)10-16(15)22/h3-10,12H,11H2,1-2H3,(H,23,26)(H,24,28). The topological polar surface area (TPSA) is 78.5 Å². The average Bonchev–Trinajstić information content (AvgIpc) is 2.86. The number of urea groups is 1. The van der Waals surface area contributed by atoms with Crippen molar-refractivity contribution in [1.29, 1.82) is 0 Å². The summed E-state index contributed by atoms with van der Waals surface area (Å²) >= 11 is 12.1. The number of rotatable bonds is 5. The molecule has 1 aliphatic heterocycles. The fourth-order valence-electron chi connectivity index (χ4n) is 3.17.